The average molecular weight is 404 g/mol. The SMILES string of the molecule is CC(C)Oc1ccc(CNC(=O)C(C)n2c(-c3cccs3)n[nH]c2=S)cn1. The van der Waals surface area contributed by atoms with E-state index >= 15 is 0 Å². The Balaban J connectivity index is 1.67. The molecule has 1 amide bonds. The second-order valence-electron chi connectivity index (χ2n) is 6.26. The van der Waals surface area contributed by atoms with Crippen LogP contribution in [-0.4, -0.2) is 31.8 Å². The summed E-state index contributed by atoms with van der Waals surface area (Å²) in [7, 11) is 0. The second-order valence-corrected chi connectivity index (χ2v) is 7.60. The number of ether oxygens (including phenoxy) is 1. The monoisotopic (exact) mass is 403 g/mol. The van der Waals surface area contributed by atoms with E-state index < -0.39 is 6.04 Å². The lowest BCUT2D eigenvalue weighted by Crippen LogP contribution is -2.31. The van der Waals surface area contributed by atoms with Crippen LogP contribution in [0.1, 0.15) is 32.4 Å². The van der Waals surface area contributed by atoms with E-state index in [0.717, 1.165) is 10.4 Å². The Kier molecular flexibility index (Phi) is 6.02. The number of pyridine rings is 1. The van der Waals surface area contributed by atoms with Gasteiger partial charge in [-0.05, 0) is 50.0 Å². The summed E-state index contributed by atoms with van der Waals surface area (Å²) in [5.41, 5.74) is 0.890. The standard InChI is InChI=1S/C18H21N5O2S2/c1-11(2)25-15-7-6-13(9-19-15)10-20-17(24)12(3)23-16(21-22-18(23)26)14-5-4-8-27-14/h4-9,11-12H,10H2,1-3H3,(H,20,24)(H,22,26). The molecule has 3 aromatic heterocycles. The number of nitrogens with one attached hydrogen (secondary N) is 2. The molecule has 3 aromatic rings. The highest BCUT2D eigenvalue weighted by Crippen LogP contribution is 2.25. The summed E-state index contributed by atoms with van der Waals surface area (Å²) in [6.07, 6.45) is 1.77. The quantitative estimate of drug-likeness (QED) is 0.587. The van der Waals surface area contributed by atoms with Crippen LogP contribution in [0, 0.1) is 4.77 Å². The van der Waals surface area contributed by atoms with E-state index in [4.69, 9.17) is 17.0 Å². The molecule has 0 spiro atoms. The summed E-state index contributed by atoms with van der Waals surface area (Å²) in [4.78, 5) is 17.8. The van der Waals surface area contributed by atoms with Gasteiger partial charge in [-0.1, -0.05) is 12.1 Å². The number of rotatable bonds is 7. The van der Waals surface area contributed by atoms with Crippen LogP contribution in [0.15, 0.2) is 35.8 Å². The molecule has 0 saturated carbocycles. The zero-order chi connectivity index (χ0) is 19.4. The van der Waals surface area contributed by atoms with E-state index in [0.29, 0.717) is 23.0 Å². The fourth-order valence-electron chi connectivity index (χ4n) is 2.52. The molecule has 1 atom stereocenters. The van der Waals surface area contributed by atoms with Crippen LogP contribution in [0.25, 0.3) is 10.7 Å². The van der Waals surface area contributed by atoms with Crippen LogP contribution in [0.3, 0.4) is 0 Å². The molecule has 1 unspecified atom stereocenters. The summed E-state index contributed by atoms with van der Waals surface area (Å²) in [5, 5.41) is 11.9. The molecule has 0 aromatic carbocycles. The summed E-state index contributed by atoms with van der Waals surface area (Å²) in [6.45, 7) is 6.07. The molecule has 0 bridgehead atoms. The Morgan fingerprint density at radius 2 is 2.19 bits per heavy atom. The van der Waals surface area contributed by atoms with Crippen molar-refractivity contribution < 1.29 is 9.53 Å². The highest BCUT2D eigenvalue weighted by molar-refractivity contribution is 7.71. The molecule has 0 aliphatic heterocycles. The molecule has 7 nitrogen and oxygen atoms in total. The van der Waals surface area contributed by atoms with Crippen molar-refractivity contribution in [2.75, 3.05) is 0 Å². The smallest absolute Gasteiger partial charge is 0.243 e. The van der Waals surface area contributed by atoms with Crippen LogP contribution in [-0.2, 0) is 11.3 Å². The van der Waals surface area contributed by atoms with E-state index in [2.05, 4.69) is 20.5 Å². The van der Waals surface area contributed by atoms with Gasteiger partial charge in [0.1, 0.15) is 6.04 Å². The Labute approximate surface area is 166 Å². The maximum absolute atomic E-state index is 12.6. The Bertz CT molecular complexity index is 945. The maximum Gasteiger partial charge on any atom is 0.243 e. The summed E-state index contributed by atoms with van der Waals surface area (Å²) >= 11 is 6.86. The first-order valence-corrected chi connectivity index (χ1v) is 9.84. The van der Waals surface area contributed by atoms with Gasteiger partial charge < -0.3 is 10.1 Å². The minimum atomic E-state index is -0.496. The molecule has 0 aliphatic rings. The number of aromatic nitrogens is 4. The second kappa shape index (κ2) is 8.45. The first-order chi connectivity index (χ1) is 13.0. The maximum atomic E-state index is 12.6. The number of nitrogens with zero attached hydrogens (tertiary/aromatic N) is 3. The van der Waals surface area contributed by atoms with Gasteiger partial charge in [-0.3, -0.25) is 14.5 Å². The topological polar surface area (TPSA) is 84.8 Å². The fourth-order valence-corrected chi connectivity index (χ4v) is 3.52. The van der Waals surface area contributed by atoms with Crippen LogP contribution < -0.4 is 10.1 Å². The van der Waals surface area contributed by atoms with Crippen molar-refractivity contribution in [2.45, 2.75) is 39.5 Å². The van der Waals surface area contributed by atoms with Crippen molar-refractivity contribution >= 4 is 29.5 Å². The first-order valence-electron chi connectivity index (χ1n) is 8.55. The van der Waals surface area contributed by atoms with Gasteiger partial charge in [-0.2, -0.15) is 5.10 Å². The van der Waals surface area contributed by atoms with Crippen LogP contribution in [0.2, 0.25) is 0 Å². The summed E-state index contributed by atoms with van der Waals surface area (Å²) < 4.78 is 7.67. The molecule has 3 heterocycles. The van der Waals surface area contributed by atoms with Gasteiger partial charge in [-0.25, -0.2) is 4.98 Å². The average Bonchev–Trinajstić information content (AvgIpc) is 3.29. The molecule has 0 aliphatic carbocycles. The number of aromatic amines is 1. The Morgan fingerprint density at radius 3 is 2.81 bits per heavy atom. The number of carbonyl (C=O) groups excluding carboxylic acids is 1. The highest BCUT2D eigenvalue weighted by Gasteiger charge is 2.21. The zero-order valence-electron chi connectivity index (χ0n) is 15.3. The van der Waals surface area contributed by atoms with Crippen molar-refractivity contribution in [3.05, 3.63) is 46.2 Å². The van der Waals surface area contributed by atoms with Crippen LogP contribution >= 0.6 is 23.6 Å². The minimum Gasteiger partial charge on any atom is -0.475 e. The molecule has 9 heteroatoms. The highest BCUT2D eigenvalue weighted by atomic mass is 32.1. The fraction of sp³-hybridized carbons (Fsp3) is 0.333. The van der Waals surface area contributed by atoms with E-state index in [1.165, 1.54) is 0 Å². The Hall–Kier alpha value is -2.52. The van der Waals surface area contributed by atoms with Crippen molar-refractivity contribution in [2.24, 2.45) is 0 Å². The van der Waals surface area contributed by atoms with Crippen molar-refractivity contribution in [1.29, 1.82) is 0 Å². The number of hydrogen-bond donors (Lipinski definition) is 2. The Morgan fingerprint density at radius 1 is 1.37 bits per heavy atom. The third-order valence-corrected chi connectivity index (χ3v) is 4.99. The first kappa shape index (κ1) is 19.2. The van der Waals surface area contributed by atoms with Gasteiger partial charge in [0.05, 0.1) is 11.0 Å². The molecule has 0 saturated heterocycles. The summed E-state index contributed by atoms with van der Waals surface area (Å²) in [5.74, 6) is 1.08. The molecule has 0 fully saturated rings. The van der Waals surface area contributed by atoms with Gasteiger partial charge >= 0.3 is 0 Å². The third kappa shape index (κ3) is 4.61. The zero-order valence-corrected chi connectivity index (χ0v) is 16.9. The largest absolute Gasteiger partial charge is 0.475 e. The predicted molar refractivity (Wildman–Crippen MR) is 107 cm³/mol. The lowest BCUT2D eigenvalue weighted by Gasteiger charge is -2.15. The van der Waals surface area contributed by atoms with E-state index in [9.17, 15) is 4.79 Å². The number of carbonyl (C=O) groups is 1. The number of amides is 1. The molecule has 0 radical (unpaired) electrons. The van der Waals surface area contributed by atoms with Gasteiger partial charge in [0.15, 0.2) is 10.6 Å². The molecule has 27 heavy (non-hydrogen) atoms. The number of thiophene rings is 1. The number of H-pyrrole nitrogens is 1. The van der Waals surface area contributed by atoms with Crippen molar-refractivity contribution in [3.63, 3.8) is 0 Å². The lowest BCUT2D eigenvalue weighted by atomic mass is 10.2. The predicted octanol–water partition coefficient (Wildman–Crippen LogP) is 3.73. The molecule has 142 valence electrons. The molecule has 2 N–H and O–H groups in total. The van der Waals surface area contributed by atoms with E-state index in [1.54, 1.807) is 35.1 Å². The molecular formula is C18H21N5O2S2. The van der Waals surface area contributed by atoms with Crippen molar-refractivity contribution in [1.82, 2.24) is 25.1 Å². The minimum absolute atomic E-state index is 0.0704. The van der Waals surface area contributed by atoms with Gasteiger partial charge in [0.2, 0.25) is 11.8 Å². The normalized spacial score (nSPS) is 12.1. The molecular weight excluding hydrogens is 382 g/mol. The third-order valence-electron chi connectivity index (χ3n) is 3.83. The van der Waals surface area contributed by atoms with Gasteiger partial charge in [-0.15, -0.1) is 11.3 Å². The van der Waals surface area contributed by atoms with Crippen LogP contribution in [0.4, 0.5) is 0 Å². The number of hydrogen-bond acceptors (Lipinski definition) is 6. The lowest BCUT2D eigenvalue weighted by molar-refractivity contribution is -0.124. The van der Waals surface area contributed by atoms with E-state index in [-0.39, 0.29) is 12.0 Å². The van der Waals surface area contributed by atoms with Gasteiger partial charge in [0.25, 0.3) is 0 Å². The molecule has 3 rings (SSSR count). The van der Waals surface area contributed by atoms with Crippen LogP contribution in [0.5, 0.6) is 5.88 Å². The van der Waals surface area contributed by atoms with Gasteiger partial charge in [0, 0.05) is 18.8 Å². The van der Waals surface area contributed by atoms with E-state index in [1.807, 2.05) is 37.4 Å². The van der Waals surface area contributed by atoms with Crippen molar-refractivity contribution in [3.8, 4) is 16.6 Å². The summed E-state index contributed by atoms with van der Waals surface area (Å²) in [6, 6.07) is 7.07.